The van der Waals surface area contributed by atoms with E-state index in [2.05, 4.69) is 29.0 Å². The molecule has 0 radical (unpaired) electrons. The van der Waals surface area contributed by atoms with Crippen molar-refractivity contribution in [2.24, 2.45) is 5.92 Å². The van der Waals surface area contributed by atoms with Gasteiger partial charge in [-0.05, 0) is 43.4 Å². The molecule has 1 aromatic heterocycles. The van der Waals surface area contributed by atoms with E-state index in [0.29, 0.717) is 33.5 Å². The largest absolute Gasteiger partial charge is 0.485 e. The molecule has 1 amide bonds. The summed E-state index contributed by atoms with van der Waals surface area (Å²) in [6.07, 6.45) is 6.75. The lowest BCUT2D eigenvalue weighted by atomic mass is 9.86. The molecule has 1 unspecified atom stereocenters. The van der Waals surface area contributed by atoms with Crippen LogP contribution < -0.4 is 15.8 Å². The second kappa shape index (κ2) is 12.0. The number of anilines is 1. The first-order chi connectivity index (χ1) is 17.3. The quantitative estimate of drug-likeness (QED) is 0.451. The number of hydrogen-bond donors (Lipinski definition) is 2. The summed E-state index contributed by atoms with van der Waals surface area (Å²) in [4.78, 5) is 19.7. The van der Waals surface area contributed by atoms with Crippen LogP contribution in [-0.4, -0.2) is 53.7 Å². The second-order valence-corrected chi connectivity index (χ2v) is 10.8. The lowest BCUT2D eigenvalue weighted by Crippen LogP contribution is -2.46. The molecule has 0 saturated carbocycles. The maximum absolute atomic E-state index is 13.0. The summed E-state index contributed by atoms with van der Waals surface area (Å²) >= 11 is 12.5. The van der Waals surface area contributed by atoms with Crippen LogP contribution in [0.4, 0.5) is 5.82 Å². The Labute approximate surface area is 223 Å². The summed E-state index contributed by atoms with van der Waals surface area (Å²) in [5.41, 5.74) is 6.88. The molecule has 7 nitrogen and oxygen atoms in total. The Balaban J connectivity index is 1.31. The van der Waals surface area contributed by atoms with Gasteiger partial charge < -0.3 is 25.4 Å². The molecular formula is C27H36Cl2N4O3. The van der Waals surface area contributed by atoms with Crippen molar-refractivity contribution in [2.45, 2.75) is 64.2 Å². The molecule has 0 aliphatic carbocycles. The molecule has 3 heterocycles. The lowest BCUT2D eigenvalue weighted by molar-refractivity contribution is -0.0457. The fourth-order valence-corrected chi connectivity index (χ4v) is 5.63. The van der Waals surface area contributed by atoms with Gasteiger partial charge in [0.25, 0.3) is 5.91 Å². The number of likely N-dealkylation sites (tertiary alicyclic amines) is 1. The first-order valence-electron chi connectivity index (χ1n) is 12.8. The van der Waals surface area contributed by atoms with E-state index < -0.39 is 0 Å². The van der Waals surface area contributed by atoms with Crippen molar-refractivity contribution < 1.29 is 14.3 Å². The van der Waals surface area contributed by atoms with Crippen LogP contribution in [0, 0.1) is 5.92 Å². The standard InChI is InChI=1S/C27H36Cl2N4O3/c1-3-18(4-2)15-33-10-8-27(9-11-33)13-20(16-36-27)32-26(34)19-12-24(25(30)31-14-19)35-17-21-22(28)6-5-7-23(21)29/h5-7,12,14,18,20H,3-4,8-11,13,15-17H2,1-2H3,(H2,30,31)(H,32,34). The summed E-state index contributed by atoms with van der Waals surface area (Å²) in [7, 11) is 0. The van der Waals surface area contributed by atoms with Gasteiger partial charge in [0.1, 0.15) is 6.61 Å². The molecule has 36 heavy (non-hydrogen) atoms. The highest BCUT2D eigenvalue weighted by Crippen LogP contribution is 2.36. The van der Waals surface area contributed by atoms with E-state index in [1.54, 1.807) is 24.3 Å². The summed E-state index contributed by atoms with van der Waals surface area (Å²) in [6, 6.07) is 6.82. The normalized spacial score (nSPS) is 19.6. The second-order valence-electron chi connectivity index (χ2n) is 9.95. The van der Waals surface area contributed by atoms with E-state index in [1.165, 1.54) is 25.6 Å². The van der Waals surface area contributed by atoms with E-state index in [0.717, 1.165) is 38.3 Å². The fourth-order valence-electron chi connectivity index (χ4n) is 5.12. The zero-order valence-electron chi connectivity index (χ0n) is 21.1. The predicted octanol–water partition coefficient (Wildman–Crippen LogP) is 5.34. The number of carbonyl (C=O) groups excluding carboxylic acids is 1. The number of halogens is 2. The minimum Gasteiger partial charge on any atom is -0.485 e. The Morgan fingerprint density at radius 3 is 2.64 bits per heavy atom. The van der Waals surface area contributed by atoms with Gasteiger partial charge in [-0.3, -0.25) is 4.79 Å². The van der Waals surface area contributed by atoms with E-state index in [-0.39, 0.29) is 30.0 Å². The number of benzene rings is 1. The highest BCUT2D eigenvalue weighted by molar-refractivity contribution is 6.35. The number of nitrogen functional groups attached to an aromatic ring is 1. The summed E-state index contributed by atoms with van der Waals surface area (Å²) < 4.78 is 12.1. The minimum absolute atomic E-state index is 0.0352. The Morgan fingerprint density at radius 2 is 1.97 bits per heavy atom. The van der Waals surface area contributed by atoms with Gasteiger partial charge in [0.15, 0.2) is 11.6 Å². The van der Waals surface area contributed by atoms with Gasteiger partial charge in [0, 0.05) is 41.4 Å². The molecule has 1 atom stereocenters. The monoisotopic (exact) mass is 534 g/mol. The van der Waals surface area contributed by atoms with Crippen molar-refractivity contribution >= 4 is 34.9 Å². The van der Waals surface area contributed by atoms with Crippen LogP contribution in [0.15, 0.2) is 30.5 Å². The molecule has 2 saturated heterocycles. The summed E-state index contributed by atoms with van der Waals surface area (Å²) in [5.74, 6) is 1.04. The van der Waals surface area contributed by atoms with Gasteiger partial charge in [-0.15, -0.1) is 0 Å². The number of aromatic nitrogens is 1. The van der Waals surface area contributed by atoms with Gasteiger partial charge in [0.05, 0.1) is 23.8 Å². The van der Waals surface area contributed by atoms with Gasteiger partial charge in [-0.2, -0.15) is 0 Å². The third kappa shape index (κ3) is 6.43. The van der Waals surface area contributed by atoms with E-state index in [4.69, 9.17) is 38.4 Å². The van der Waals surface area contributed by atoms with E-state index in [9.17, 15) is 4.79 Å². The number of ether oxygens (including phenoxy) is 2. The Bertz CT molecular complexity index is 1040. The van der Waals surface area contributed by atoms with Crippen molar-refractivity contribution in [2.75, 3.05) is 32.0 Å². The zero-order chi connectivity index (χ0) is 25.7. The Hall–Kier alpha value is -2.06. The average molecular weight is 536 g/mol. The topological polar surface area (TPSA) is 89.7 Å². The Kier molecular flexibility index (Phi) is 8.99. The van der Waals surface area contributed by atoms with Crippen molar-refractivity contribution in [3.8, 4) is 5.75 Å². The van der Waals surface area contributed by atoms with Crippen LogP contribution >= 0.6 is 23.2 Å². The molecule has 2 fully saturated rings. The first-order valence-corrected chi connectivity index (χ1v) is 13.6. The summed E-state index contributed by atoms with van der Waals surface area (Å²) in [6.45, 7) is 8.45. The third-order valence-corrected chi connectivity index (χ3v) is 8.27. The molecule has 9 heteroatoms. The number of amides is 1. The highest BCUT2D eigenvalue weighted by atomic mass is 35.5. The number of nitrogens with zero attached hydrogens (tertiary/aromatic N) is 2. The molecular weight excluding hydrogens is 499 g/mol. The zero-order valence-corrected chi connectivity index (χ0v) is 22.6. The van der Waals surface area contributed by atoms with Crippen LogP contribution in [0.25, 0.3) is 0 Å². The van der Waals surface area contributed by atoms with Crippen molar-refractivity contribution in [3.63, 3.8) is 0 Å². The third-order valence-electron chi connectivity index (χ3n) is 7.56. The molecule has 196 valence electrons. The number of rotatable bonds is 9. The number of nitrogens with one attached hydrogen (secondary N) is 1. The number of pyridine rings is 1. The van der Waals surface area contributed by atoms with Crippen molar-refractivity contribution in [3.05, 3.63) is 51.6 Å². The van der Waals surface area contributed by atoms with Crippen molar-refractivity contribution in [1.82, 2.24) is 15.2 Å². The minimum atomic E-state index is -0.222. The summed E-state index contributed by atoms with van der Waals surface area (Å²) in [5, 5.41) is 4.11. The molecule has 1 spiro atoms. The average Bonchev–Trinajstić information content (AvgIpc) is 3.26. The van der Waals surface area contributed by atoms with Gasteiger partial charge in [0.2, 0.25) is 0 Å². The predicted molar refractivity (Wildman–Crippen MR) is 144 cm³/mol. The molecule has 2 aromatic rings. The smallest absolute Gasteiger partial charge is 0.253 e. The first kappa shape index (κ1) is 27.0. The molecule has 2 aliphatic rings. The maximum atomic E-state index is 13.0. The number of hydrogen-bond acceptors (Lipinski definition) is 6. The number of carbonyl (C=O) groups is 1. The molecule has 4 rings (SSSR count). The van der Waals surface area contributed by atoms with Crippen LogP contribution in [0.1, 0.15) is 61.9 Å². The van der Waals surface area contributed by atoms with Gasteiger partial charge in [-0.1, -0.05) is 56.0 Å². The molecule has 2 aliphatic heterocycles. The Morgan fingerprint density at radius 1 is 1.28 bits per heavy atom. The van der Waals surface area contributed by atoms with E-state index in [1.807, 2.05) is 0 Å². The number of nitrogens with two attached hydrogens (primary N) is 1. The van der Waals surface area contributed by atoms with Crippen LogP contribution in [0.3, 0.4) is 0 Å². The SMILES string of the molecule is CCC(CC)CN1CCC2(CC1)CC(NC(=O)c1cnc(N)c(OCc3c(Cl)cccc3Cl)c1)CO2. The van der Waals surface area contributed by atoms with Crippen molar-refractivity contribution in [1.29, 1.82) is 0 Å². The van der Waals surface area contributed by atoms with Gasteiger partial charge in [-0.25, -0.2) is 4.98 Å². The van der Waals surface area contributed by atoms with Crippen LogP contribution in [0.5, 0.6) is 5.75 Å². The van der Waals surface area contributed by atoms with E-state index >= 15 is 0 Å². The fraction of sp³-hybridized carbons (Fsp3) is 0.556. The maximum Gasteiger partial charge on any atom is 0.253 e. The molecule has 0 bridgehead atoms. The molecule has 1 aromatic carbocycles. The number of piperidine rings is 1. The van der Waals surface area contributed by atoms with Crippen LogP contribution in [-0.2, 0) is 11.3 Å². The molecule has 3 N–H and O–H groups in total. The van der Waals surface area contributed by atoms with Crippen LogP contribution in [0.2, 0.25) is 10.0 Å². The lowest BCUT2D eigenvalue weighted by Gasteiger charge is -2.39. The highest BCUT2D eigenvalue weighted by Gasteiger charge is 2.43. The van der Waals surface area contributed by atoms with Gasteiger partial charge >= 0.3 is 0 Å².